The van der Waals surface area contributed by atoms with Crippen molar-refractivity contribution in [3.05, 3.63) is 63.7 Å². The van der Waals surface area contributed by atoms with Crippen molar-refractivity contribution >= 4 is 11.7 Å². The van der Waals surface area contributed by atoms with Crippen LogP contribution in [-0.4, -0.2) is 23.1 Å². The SMILES string of the molecule is COc1ccc(C(=O)O)c([N+](=O)[O-])c1OCc1ccccc1. The minimum Gasteiger partial charge on any atom is -0.493 e. The normalized spacial score (nSPS) is 10.0. The average Bonchev–Trinajstić information content (AvgIpc) is 2.52. The lowest BCUT2D eigenvalue weighted by Gasteiger charge is -2.12. The molecule has 114 valence electrons. The highest BCUT2D eigenvalue weighted by Gasteiger charge is 2.29. The van der Waals surface area contributed by atoms with Gasteiger partial charge in [0.1, 0.15) is 12.2 Å². The van der Waals surface area contributed by atoms with Gasteiger partial charge in [-0.1, -0.05) is 30.3 Å². The number of carboxylic acid groups (broad SMARTS) is 1. The van der Waals surface area contributed by atoms with E-state index in [1.165, 1.54) is 13.2 Å². The van der Waals surface area contributed by atoms with Crippen molar-refractivity contribution in [2.75, 3.05) is 7.11 Å². The summed E-state index contributed by atoms with van der Waals surface area (Å²) in [6.45, 7) is 0.0567. The number of benzene rings is 2. The molecule has 0 bridgehead atoms. The molecule has 1 N–H and O–H groups in total. The number of aromatic carboxylic acids is 1. The molecule has 22 heavy (non-hydrogen) atoms. The molecule has 0 saturated heterocycles. The van der Waals surface area contributed by atoms with Crippen LogP contribution in [0.3, 0.4) is 0 Å². The van der Waals surface area contributed by atoms with Gasteiger partial charge in [-0.2, -0.15) is 0 Å². The summed E-state index contributed by atoms with van der Waals surface area (Å²) in [7, 11) is 1.33. The Labute approximate surface area is 125 Å². The summed E-state index contributed by atoms with van der Waals surface area (Å²) in [6.07, 6.45) is 0. The van der Waals surface area contributed by atoms with Gasteiger partial charge in [0.25, 0.3) is 0 Å². The molecule has 0 aliphatic rings. The first kappa shape index (κ1) is 15.3. The van der Waals surface area contributed by atoms with Gasteiger partial charge in [-0.15, -0.1) is 0 Å². The fraction of sp³-hybridized carbons (Fsp3) is 0.133. The van der Waals surface area contributed by atoms with Crippen molar-refractivity contribution in [2.45, 2.75) is 6.61 Å². The fourth-order valence-electron chi connectivity index (χ4n) is 1.94. The van der Waals surface area contributed by atoms with Gasteiger partial charge < -0.3 is 14.6 Å². The number of methoxy groups -OCH3 is 1. The van der Waals surface area contributed by atoms with Crippen molar-refractivity contribution in [1.29, 1.82) is 0 Å². The van der Waals surface area contributed by atoms with E-state index in [-0.39, 0.29) is 18.1 Å². The predicted molar refractivity (Wildman–Crippen MR) is 77.4 cm³/mol. The first-order chi connectivity index (χ1) is 10.5. The summed E-state index contributed by atoms with van der Waals surface area (Å²) in [5, 5.41) is 20.3. The first-order valence-corrected chi connectivity index (χ1v) is 6.30. The van der Waals surface area contributed by atoms with E-state index in [0.717, 1.165) is 11.6 Å². The lowest BCUT2D eigenvalue weighted by molar-refractivity contribution is -0.386. The molecule has 2 aromatic rings. The number of rotatable bonds is 6. The van der Waals surface area contributed by atoms with Crippen LogP contribution in [0.5, 0.6) is 11.5 Å². The molecule has 0 saturated carbocycles. The standard InChI is InChI=1S/C15H13NO6/c1-21-12-8-7-11(15(17)18)13(16(19)20)14(12)22-9-10-5-3-2-4-6-10/h2-8H,9H2,1H3,(H,17,18). The number of hydrogen-bond acceptors (Lipinski definition) is 5. The van der Waals surface area contributed by atoms with Crippen LogP contribution in [-0.2, 0) is 6.61 Å². The summed E-state index contributed by atoms with van der Waals surface area (Å²) in [4.78, 5) is 21.6. The van der Waals surface area contributed by atoms with Gasteiger partial charge in [0.15, 0.2) is 5.75 Å². The molecule has 0 fully saturated rings. The van der Waals surface area contributed by atoms with Gasteiger partial charge in [-0.25, -0.2) is 4.79 Å². The van der Waals surface area contributed by atoms with Crippen molar-refractivity contribution in [2.24, 2.45) is 0 Å². The van der Waals surface area contributed by atoms with E-state index < -0.39 is 22.1 Å². The third-order valence-electron chi connectivity index (χ3n) is 2.95. The number of nitro benzene ring substituents is 1. The van der Waals surface area contributed by atoms with Gasteiger partial charge in [0, 0.05) is 0 Å². The molecule has 2 aromatic carbocycles. The molecular formula is C15H13NO6. The Bertz CT molecular complexity index is 699. The maximum absolute atomic E-state index is 11.2. The van der Waals surface area contributed by atoms with Gasteiger partial charge >= 0.3 is 11.7 Å². The van der Waals surface area contributed by atoms with Crippen molar-refractivity contribution in [3.63, 3.8) is 0 Å². The summed E-state index contributed by atoms with van der Waals surface area (Å²) in [6, 6.07) is 11.5. The molecule has 7 heteroatoms. The Morgan fingerprint density at radius 2 is 1.91 bits per heavy atom. The molecule has 0 spiro atoms. The van der Waals surface area contributed by atoms with Gasteiger partial charge in [-0.05, 0) is 17.7 Å². The number of nitro groups is 1. The van der Waals surface area contributed by atoms with Crippen LogP contribution >= 0.6 is 0 Å². The fourth-order valence-corrected chi connectivity index (χ4v) is 1.94. The molecule has 0 heterocycles. The molecule has 7 nitrogen and oxygen atoms in total. The van der Waals surface area contributed by atoms with Gasteiger partial charge in [0.2, 0.25) is 5.75 Å². The number of carbonyl (C=O) groups is 1. The first-order valence-electron chi connectivity index (χ1n) is 6.30. The number of ether oxygens (including phenoxy) is 2. The third kappa shape index (κ3) is 3.14. The minimum atomic E-state index is -1.40. The minimum absolute atomic E-state index is 0.0567. The maximum Gasteiger partial charge on any atom is 0.342 e. The molecule has 0 aromatic heterocycles. The molecule has 0 radical (unpaired) electrons. The number of hydrogen-bond donors (Lipinski definition) is 1. The van der Waals surface area contributed by atoms with Crippen LogP contribution < -0.4 is 9.47 Å². The van der Waals surface area contributed by atoms with Crippen LogP contribution in [0, 0.1) is 10.1 Å². The Hall–Kier alpha value is -3.09. The van der Waals surface area contributed by atoms with Crippen LogP contribution in [0.25, 0.3) is 0 Å². The summed E-state index contributed by atoms with van der Waals surface area (Å²) in [5.74, 6) is -1.50. The maximum atomic E-state index is 11.2. The van der Waals surface area contributed by atoms with E-state index in [2.05, 4.69) is 0 Å². The van der Waals surface area contributed by atoms with E-state index >= 15 is 0 Å². The summed E-state index contributed by atoms with van der Waals surface area (Å²) < 4.78 is 10.5. The largest absolute Gasteiger partial charge is 0.493 e. The monoisotopic (exact) mass is 303 g/mol. The van der Waals surface area contributed by atoms with E-state index in [0.29, 0.717) is 0 Å². The van der Waals surface area contributed by atoms with E-state index in [1.54, 1.807) is 24.3 Å². The Kier molecular flexibility index (Phi) is 4.57. The second-order valence-electron chi connectivity index (χ2n) is 4.33. The third-order valence-corrected chi connectivity index (χ3v) is 2.95. The quantitative estimate of drug-likeness (QED) is 0.650. The zero-order valence-corrected chi connectivity index (χ0v) is 11.7. The lowest BCUT2D eigenvalue weighted by Crippen LogP contribution is -2.07. The molecule has 2 rings (SSSR count). The van der Waals surface area contributed by atoms with Crippen molar-refractivity contribution in [3.8, 4) is 11.5 Å². The molecular weight excluding hydrogens is 290 g/mol. The van der Waals surface area contributed by atoms with Crippen molar-refractivity contribution in [1.82, 2.24) is 0 Å². The molecule has 0 atom stereocenters. The highest BCUT2D eigenvalue weighted by Crippen LogP contribution is 2.40. The molecule has 0 aliphatic carbocycles. The van der Waals surface area contributed by atoms with Crippen LogP contribution in [0.1, 0.15) is 15.9 Å². The van der Waals surface area contributed by atoms with Gasteiger partial charge in [0.05, 0.1) is 12.0 Å². The van der Waals surface area contributed by atoms with Crippen LogP contribution in [0.4, 0.5) is 5.69 Å². The number of nitrogens with zero attached hydrogens (tertiary/aromatic N) is 1. The van der Waals surface area contributed by atoms with Crippen LogP contribution in [0.15, 0.2) is 42.5 Å². The smallest absolute Gasteiger partial charge is 0.342 e. The van der Waals surface area contributed by atoms with E-state index in [9.17, 15) is 14.9 Å². The molecule has 0 unspecified atom stereocenters. The molecule has 0 aliphatic heterocycles. The predicted octanol–water partition coefficient (Wildman–Crippen LogP) is 2.88. The number of carboxylic acids is 1. The zero-order chi connectivity index (χ0) is 16.1. The Morgan fingerprint density at radius 3 is 2.45 bits per heavy atom. The second-order valence-corrected chi connectivity index (χ2v) is 4.33. The molecule has 0 amide bonds. The second kappa shape index (κ2) is 6.57. The van der Waals surface area contributed by atoms with Gasteiger partial charge in [-0.3, -0.25) is 10.1 Å². The Morgan fingerprint density at radius 1 is 1.23 bits per heavy atom. The van der Waals surface area contributed by atoms with Crippen molar-refractivity contribution < 1.29 is 24.3 Å². The Balaban J connectivity index is 2.44. The zero-order valence-electron chi connectivity index (χ0n) is 11.7. The highest BCUT2D eigenvalue weighted by molar-refractivity contribution is 5.94. The van der Waals surface area contributed by atoms with E-state index in [1.807, 2.05) is 6.07 Å². The summed E-state index contributed by atoms with van der Waals surface area (Å²) in [5.41, 5.74) is -0.281. The lowest BCUT2D eigenvalue weighted by atomic mass is 10.1. The average molecular weight is 303 g/mol. The highest BCUT2D eigenvalue weighted by atomic mass is 16.6. The van der Waals surface area contributed by atoms with Crippen LogP contribution in [0.2, 0.25) is 0 Å². The summed E-state index contributed by atoms with van der Waals surface area (Å²) >= 11 is 0. The topological polar surface area (TPSA) is 98.9 Å². The van der Waals surface area contributed by atoms with E-state index in [4.69, 9.17) is 14.6 Å².